The van der Waals surface area contributed by atoms with E-state index in [1.165, 1.54) is 28.2 Å². The molecule has 0 fully saturated rings. The maximum atomic E-state index is 5.03. The summed E-state index contributed by atoms with van der Waals surface area (Å²) in [6.07, 6.45) is 4.39. The molecule has 0 aromatic carbocycles. The first-order valence-electron chi connectivity index (χ1n) is 8.77. The number of hydrogen-bond donors (Lipinski definition) is 8. The maximum Gasteiger partial charge on any atom is -0.00799 e. The van der Waals surface area contributed by atoms with Crippen molar-refractivity contribution >= 4 is 0 Å². The van der Waals surface area contributed by atoms with Crippen molar-refractivity contribution in [2.24, 2.45) is 45.9 Å². The third kappa shape index (κ3) is 685. The maximum absolute atomic E-state index is 5.03. The zero-order valence-electron chi connectivity index (χ0n) is 18.3. The Morgan fingerprint density at radius 3 is 0.375 bits per heavy atom. The molecular weight excluding hydrogens is 304 g/mol. The molecule has 0 amide bonds. The van der Waals surface area contributed by atoms with E-state index in [1.807, 2.05) is 0 Å². The molecule has 0 bridgehead atoms. The Hall–Kier alpha value is -0.320. The zero-order valence-corrected chi connectivity index (χ0v) is 18.3. The lowest BCUT2D eigenvalue weighted by Crippen LogP contribution is -1.93. The van der Waals surface area contributed by atoms with Gasteiger partial charge in [-0.05, 0) is 80.1 Å². The Bertz CT molecular complexity index is 46.0. The van der Waals surface area contributed by atoms with Crippen LogP contribution in [0, 0.1) is 0 Å². The molecule has 0 aliphatic rings. The Morgan fingerprint density at radius 1 is 0.333 bits per heavy atom. The van der Waals surface area contributed by atoms with E-state index >= 15 is 0 Å². The van der Waals surface area contributed by atoms with Gasteiger partial charge in [-0.15, -0.1) is 0 Å². The second kappa shape index (κ2) is 181. The van der Waals surface area contributed by atoms with E-state index in [4.69, 9.17) is 22.9 Å². The lowest BCUT2D eigenvalue weighted by molar-refractivity contribution is 0.932. The van der Waals surface area contributed by atoms with Gasteiger partial charge in [0.25, 0.3) is 0 Å². The number of nitrogens with two attached hydrogens (primary N) is 8. The van der Waals surface area contributed by atoms with Crippen molar-refractivity contribution in [3.63, 3.8) is 0 Å². The second-order valence-electron chi connectivity index (χ2n) is 3.15. The van der Waals surface area contributed by atoms with Gasteiger partial charge in [0.2, 0.25) is 0 Å². The van der Waals surface area contributed by atoms with E-state index in [1.54, 1.807) is 0 Å². The standard InChI is InChI=1S/4C3H9N.4CH5N/c4*1-2-3-4;4*1-2/h4*2-4H2,1H3;4*2H2,1H3. The van der Waals surface area contributed by atoms with Crippen LogP contribution in [0.3, 0.4) is 0 Å². The molecule has 0 unspecified atom stereocenters. The van der Waals surface area contributed by atoms with Crippen molar-refractivity contribution < 1.29 is 0 Å². The molecule has 24 heavy (non-hydrogen) atoms. The van der Waals surface area contributed by atoms with Crippen molar-refractivity contribution in [2.75, 3.05) is 54.4 Å². The highest BCUT2D eigenvalue weighted by Gasteiger charge is 1.56. The molecule has 0 rings (SSSR count). The fraction of sp³-hybridized carbons (Fsp3) is 1.00. The van der Waals surface area contributed by atoms with Crippen LogP contribution in [0.5, 0.6) is 0 Å². The van der Waals surface area contributed by atoms with Crippen LogP contribution in [-0.4, -0.2) is 54.4 Å². The third-order valence-electron chi connectivity index (χ3n) is 1.15. The molecular formula is C16H56N8. The van der Waals surface area contributed by atoms with Gasteiger partial charge in [-0.3, -0.25) is 0 Å². The van der Waals surface area contributed by atoms with Gasteiger partial charge in [0.1, 0.15) is 0 Å². The van der Waals surface area contributed by atoms with Crippen LogP contribution < -0.4 is 45.9 Å². The fourth-order valence-corrected chi connectivity index (χ4v) is 0. The summed E-state index contributed by atoms with van der Waals surface area (Å²) in [4.78, 5) is 0. The smallest absolute Gasteiger partial charge is 0.00799 e. The summed E-state index contributed by atoms with van der Waals surface area (Å²) >= 11 is 0. The average Bonchev–Trinajstić information content (AvgIpc) is 2.74. The van der Waals surface area contributed by atoms with Gasteiger partial charge >= 0.3 is 0 Å². The first-order valence-corrected chi connectivity index (χ1v) is 8.77. The molecule has 0 aliphatic carbocycles. The number of rotatable bonds is 4. The SMILES string of the molecule is CCCN.CCCN.CCCN.CCCN.CN.CN.CN.CN. The van der Waals surface area contributed by atoms with Gasteiger partial charge < -0.3 is 45.9 Å². The van der Waals surface area contributed by atoms with E-state index < -0.39 is 0 Å². The monoisotopic (exact) mass is 360 g/mol. The van der Waals surface area contributed by atoms with E-state index in [0.717, 1.165) is 51.9 Å². The third-order valence-corrected chi connectivity index (χ3v) is 1.15. The summed E-state index contributed by atoms with van der Waals surface area (Å²) in [7, 11) is 6.00. The summed E-state index contributed by atoms with van der Waals surface area (Å²) in [6.45, 7) is 11.5. The quantitative estimate of drug-likeness (QED) is 0.333. The summed E-state index contributed by atoms with van der Waals surface area (Å²) in [5, 5.41) is 0. The minimum absolute atomic E-state index is 0.819. The minimum atomic E-state index is 0.819. The van der Waals surface area contributed by atoms with Crippen molar-refractivity contribution in [1.29, 1.82) is 0 Å². The van der Waals surface area contributed by atoms with Crippen LogP contribution in [0.2, 0.25) is 0 Å². The highest BCUT2D eigenvalue weighted by molar-refractivity contribution is 4.20. The fourth-order valence-electron chi connectivity index (χ4n) is 0. The van der Waals surface area contributed by atoms with Gasteiger partial charge in [-0.1, -0.05) is 27.7 Å². The topological polar surface area (TPSA) is 208 Å². The molecule has 0 spiro atoms. The first kappa shape index (κ1) is 49.5. The molecule has 0 aliphatic heterocycles. The lowest BCUT2D eigenvalue weighted by atomic mass is 10.5. The van der Waals surface area contributed by atoms with E-state index in [2.05, 4.69) is 50.6 Å². The van der Waals surface area contributed by atoms with Crippen molar-refractivity contribution in [2.45, 2.75) is 53.4 Å². The highest BCUT2D eigenvalue weighted by atomic mass is 14.5. The average molecular weight is 361 g/mol. The van der Waals surface area contributed by atoms with Gasteiger partial charge in [0.05, 0.1) is 0 Å². The van der Waals surface area contributed by atoms with E-state index in [9.17, 15) is 0 Å². The molecule has 0 radical (unpaired) electrons. The van der Waals surface area contributed by atoms with Crippen molar-refractivity contribution in [3.8, 4) is 0 Å². The Kier molecular flexibility index (Phi) is 373. The second-order valence-corrected chi connectivity index (χ2v) is 3.15. The molecule has 160 valence electrons. The number of hydrogen-bond acceptors (Lipinski definition) is 8. The Balaban J connectivity index is -0.0000000208. The molecule has 0 heterocycles. The summed E-state index contributed by atoms with van der Waals surface area (Å²) in [5.74, 6) is 0. The van der Waals surface area contributed by atoms with Gasteiger partial charge in [0.15, 0.2) is 0 Å². The van der Waals surface area contributed by atoms with Crippen LogP contribution in [0.1, 0.15) is 53.4 Å². The van der Waals surface area contributed by atoms with Crippen molar-refractivity contribution in [1.82, 2.24) is 0 Å². The predicted octanol–water partition coefficient (Wildman–Crippen LogP) is -0.280. The largest absolute Gasteiger partial charge is 0.333 e. The van der Waals surface area contributed by atoms with Crippen molar-refractivity contribution in [3.05, 3.63) is 0 Å². The molecule has 0 atom stereocenters. The highest BCUT2D eigenvalue weighted by Crippen LogP contribution is 1.58. The van der Waals surface area contributed by atoms with Gasteiger partial charge in [0, 0.05) is 0 Å². The van der Waals surface area contributed by atoms with Gasteiger partial charge in [-0.25, -0.2) is 0 Å². The predicted molar refractivity (Wildman–Crippen MR) is 118 cm³/mol. The van der Waals surface area contributed by atoms with Crippen LogP contribution in [0.4, 0.5) is 0 Å². The zero-order chi connectivity index (χ0) is 21.7. The normalized spacial score (nSPS) is 6.00. The lowest BCUT2D eigenvalue weighted by Gasteiger charge is -1.70. The summed E-state index contributed by atoms with van der Waals surface area (Å²) in [5.41, 5.74) is 38.1. The molecule has 0 aromatic heterocycles. The van der Waals surface area contributed by atoms with Crippen LogP contribution in [0.15, 0.2) is 0 Å². The van der Waals surface area contributed by atoms with Gasteiger partial charge in [-0.2, -0.15) is 0 Å². The molecule has 16 N–H and O–H groups in total. The Labute approximate surface area is 154 Å². The molecule has 0 saturated heterocycles. The molecule has 0 saturated carbocycles. The molecule has 8 nitrogen and oxygen atoms in total. The van der Waals surface area contributed by atoms with E-state index in [0.29, 0.717) is 0 Å². The molecule has 0 aromatic rings. The molecule has 8 heteroatoms. The van der Waals surface area contributed by atoms with E-state index in [-0.39, 0.29) is 0 Å². The minimum Gasteiger partial charge on any atom is -0.333 e. The van der Waals surface area contributed by atoms with Crippen LogP contribution in [-0.2, 0) is 0 Å². The van der Waals surface area contributed by atoms with Crippen LogP contribution in [0.25, 0.3) is 0 Å². The summed E-state index contributed by atoms with van der Waals surface area (Å²) < 4.78 is 0. The summed E-state index contributed by atoms with van der Waals surface area (Å²) in [6, 6.07) is 0. The van der Waals surface area contributed by atoms with Crippen LogP contribution >= 0.6 is 0 Å². The first-order chi connectivity index (χ1) is 11.7. The Morgan fingerprint density at radius 2 is 0.375 bits per heavy atom.